The lowest BCUT2D eigenvalue weighted by Crippen LogP contribution is -2.11. The number of carbonyl (C=O) groups is 2. The molecule has 0 heterocycles. The van der Waals surface area contributed by atoms with Crippen molar-refractivity contribution in [3.63, 3.8) is 0 Å². The van der Waals surface area contributed by atoms with E-state index in [9.17, 15) is 9.59 Å². The van der Waals surface area contributed by atoms with Gasteiger partial charge >= 0.3 is 6.09 Å². The van der Waals surface area contributed by atoms with Crippen LogP contribution < -0.4 is 5.32 Å². The largest absolute Gasteiger partial charge is 0.453 e. The summed E-state index contributed by atoms with van der Waals surface area (Å²) in [6, 6.07) is 6.66. The fraction of sp³-hybridized carbons (Fsp3) is 0.200. The number of nitrogens with one attached hydrogen (secondary N) is 1. The summed E-state index contributed by atoms with van der Waals surface area (Å²) in [6.07, 6.45) is -0.550. The molecule has 74 valence electrons. The first kappa shape index (κ1) is 10.2. The third-order valence-corrected chi connectivity index (χ3v) is 1.70. The van der Waals surface area contributed by atoms with Gasteiger partial charge in [0.05, 0.1) is 7.11 Å². The lowest BCUT2D eigenvalue weighted by atomic mass is 10.1. The van der Waals surface area contributed by atoms with E-state index in [0.717, 1.165) is 0 Å². The Hall–Kier alpha value is -1.84. The summed E-state index contributed by atoms with van der Waals surface area (Å²) in [5.41, 5.74) is 1.10. The zero-order valence-corrected chi connectivity index (χ0v) is 8.03. The molecule has 1 rings (SSSR count). The normalized spacial score (nSPS) is 9.29. The lowest BCUT2D eigenvalue weighted by molar-refractivity contribution is 0.101. The summed E-state index contributed by atoms with van der Waals surface area (Å²) in [5.74, 6) is -0.0430. The Morgan fingerprint density at radius 1 is 1.36 bits per heavy atom. The maximum atomic E-state index is 11.0. The first-order chi connectivity index (χ1) is 6.63. The molecule has 1 aromatic carbocycles. The predicted octanol–water partition coefficient (Wildman–Crippen LogP) is 2.07. The third-order valence-electron chi connectivity index (χ3n) is 1.70. The summed E-state index contributed by atoms with van der Waals surface area (Å²) in [5, 5.41) is 2.47. The van der Waals surface area contributed by atoms with Crippen molar-refractivity contribution < 1.29 is 14.3 Å². The standard InChI is InChI=1S/C10H11NO3/c1-7(12)8-4-3-5-9(6-8)11-10(13)14-2/h3-6H,1-2H3,(H,11,13). The highest BCUT2D eigenvalue weighted by atomic mass is 16.5. The molecule has 0 aromatic heterocycles. The van der Waals surface area contributed by atoms with Crippen LogP contribution in [0.1, 0.15) is 17.3 Å². The molecular formula is C10H11NO3. The number of ether oxygens (including phenoxy) is 1. The Balaban J connectivity index is 2.83. The minimum atomic E-state index is -0.550. The second-order valence-corrected chi connectivity index (χ2v) is 2.75. The van der Waals surface area contributed by atoms with Crippen LogP contribution in [0.3, 0.4) is 0 Å². The molecule has 0 radical (unpaired) electrons. The monoisotopic (exact) mass is 193 g/mol. The molecule has 1 aromatic rings. The minimum absolute atomic E-state index is 0.0430. The Bertz CT molecular complexity index is 360. The lowest BCUT2D eigenvalue weighted by Gasteiger charge is -2.04. The first-order valence-electron chi connectivity index (χ1n) is 4.09. The van der Waals surface area contributed by atoms with E-state index in [1.807, 2.05) is 0 Å². The molecule has 4 nitrogen and oxygen atoms in total. The van der Waals surface area contributed by atoms with Crippen molar-refractivity contribution >= 4 is 17.6 Å². The molecule has 0 aliphatic heterocycles. The molecule has 0 spiro atoms. The maximum Gasteiger partial charge on any atom is 0.411 e. The fourth-order valence-electron chi connectivity index (χ4n) is 0.985. The fourth-order valence-corrected chi connectivity index (χ4v) is 0.985. The van der Waals surface area contributed by atoms with Gasteiger partial charge in [-0.25, -0.2) is 4.79 Å². The summed E-state index contributed by atoms with van der Waals surface area (Å²) < 4.78 is 4.42. The van der Waals surface area contributed by atoms with Gasteiger partial charge in [-0.1, -0.05) is 12.1 Å². The van der Waals surface area contributed by atoms with Crippen molar-refractivity contribution in [3.8, 4) is 0 Å². The summed E-state index contributed by atoms with van der Waals surface area (Å²) in [4.78, 5) is 21.9. The molecule has 4 heteroatoms. The highest BCUT2D eigenvalue weighted by molar-refractivity contribution is 5.96. The topological polar surface area (TPSA) is 55.4 Å². The number of methoxy groups -OCH3 is 1. The number of hydrogen-bond acceptors (Lipinski definition) is 3. The average molecular weight is 193 g/mol. The third kappa shape index (κ3) is 2.58. The number of ketones is 1. The van der Waals surface area contributed by atoms with Gasteiger partial charge in [0, 0.05) is 11.3 Å². The highest BCUT2D eigenvalue weighted by Crippen LogP contribution is 2.11. The zero-order valence-electron chi connectivity index (χ0n) is 8.03. The van der Waals surface area contributed by atoms with Gasteiger partial charge in [0.15, 0.2) is 5.78 Å². The van der Waals surface area contributed by atoms with Crippen LogP contribution in [0.25, 0.3) is 0 Å². The number of rotatable bonds is 2. The van der Waals surface area contributed by atoms with Crippen LogP contribution in [-0.4, -0.2) is 19.0 Å². The van der Waals surface area contributed by atoms with E-state index in [-0.39, 0.29) is 5.78 Å². The van der Waals surface area contributed by atoms with Crippen LogP contribution >= 0.6 is 0 Å². The first-order valence-corrected chi connectivity index (χ1v) is 4.09. The maximum absolute atomic E-state index is 11.0. The van der Waals surface area contributed by atoms with Gasteiger partial charge in [-0.2, -0.15) is 0 Å². The number of benzene rings is 1. The summed E-state index contributed by atoms with van der Waals surface area (Å²) in [7, 11) is 1.28. The molecule has 0 saturated carbocycles. The number of hydrogen-bond donors (Lipinski definition) is 1. The van der Waals surface area contributed by atoms with Gasteiger partial charge in [0.25, 0.3) is 0 Å². The Morgan fingerprint density at radius 3 is 2.64 bits per heavy atom. The summed E-state index contributed by atoms with van der Waals surface area (Å²) >= 11 is 0. The van der Waals surface area contributed by atoms with Crippen molar-refractivity contribution in [2.24, 2.45) is 0 Å². The molecule has 0 atom stereocenters. The van der Waals surface area contributed by atoms with Gasteiger partial charge < -0.3 is 4.74 Å². The molecular weight excluding hydrogens is 182 g/mol. The Labute approximate surface area is 81.9 Å². The Kier molecular flexibility index (Phi) is 3.23. The second kappa shape index (κ2) is 4.41. The van der Waals surface area contributed by atoms with Crippen LogP contribution in [0.15, 0.2) is 24.3 Å². The van der Waals surface area contributed by atoms with Gasteiger partial charge in [-0.15, -0.1) is 0 Å². The van der Waals surface area contributed by atoms with E-state index in [1.54, 1.807) is 24.3 Å². The van der Waals surface area contributed by atoms with E-state index < -0.39 is 6.09 Å². The minimum Gasteiger partial charge on any atom is -0.453 e. The predicted molar refractivity (Wildman–Crippen MR) is 52.5 cm³/mol. The smallest absolute Gasteiger partial charge is 0.411 e. The van der Waals surface area contributed by atoms with Gasteiger partial charge in [0.2, 0.25) is 0 Å². The van der Waals surface area contributed by atoms with Crippen molar-refractivity contribution in [3.05, 3.63) is 29.8 Å². The van der Waals surface area contributed by atoms with E-state index in [4.69, 9.17) is 0 Å². The molecule has 1 amide bonds. The van der Waals surface area contributed by atoms with Crippen molar-refractivity contribution in [2.45, 2.75) is 6.92 Å². The number of Topliss-reactive ketones (excluding diaryl/α,β-unsaturated/α-hetero) is 1. The Morgan fingerprint density at radius 2 is 2.07 bits per heavy atom. The summed E-state index contributed by atoms with van der Waals surface area (Å²) in [6.45, 7) is 1.47. The van der Waals surface area contributed by atoms with E-state index in [1.165, 1.54) is 14.0 Å². The van der Waals surface area contributed by atoms with Crippen LogP contribution in [0, 0.1) is 0 Å². The molecule has 0 bridgehead atoms. The van der Waals surface area contributed by atoms with Crippen molar-refractivity contribution in [2.75, 3.05) is 12.4 Å². The molecule has 1 N–H and O–H groups in total. The van der Waals surface area contributed by atoms with E-state index >= 15 is 0 Å². The van der Waals surface area contributed by atoms with E-state index in [0.29, 0.717) is 11.3 Å². The second-order valence-electron chi connectivity index (χ2n) is 2.75. The molecule has 0 unspecified atom stereocenters. The quantitative estimate of drug-likeness (QED) is 0.731. The van der Waals surface area contributed by atoms with Crippen LogP contribution in [0.4, 0.5) is 10.5 Å². The molecule has 0 aliphatic carbocycles. The molecule has 0 saturated heterocycles. The molecule has 0 fully saturated rings. The number of anilines is 1. The van der Waals surface area contributed by atoms with Gasteiger partial charge in [-0.05, 0) is 19.1 Å². The van der Waals surface area contributed by atoms with Crippen molar-refractivity contribution in [1.82, 2.24) is 0 Å². The molecule has 0 aliphatic rings. The van der Waals surface area contributed by atoms with Gasteiger partial charge in [-0.3, -0.25) is 10.1 Å². The molecule has 14 heavy (non-hydrogen) atoms. The number of carbonyl (C=O) groups excluding carboxylic acids is 2. The van der Waals surface area contributed by atoms with Gasteiger partial charge in [0.1, 0.15) is 0 Å². The van der Waals surface area contributed by atoms with Crippen LogP contribution in [-0.2, 0) is 4.74 Å². The SMILES string of the molecule is COC(=O)Nc1cccc(C(C)=O)c1. The van der Waals surface area contributed by atoms with E-state index in [2.05, 4.69) is 10.1 Å². The zero-order chi connectivity index (χ0) is 10.6. The highest BCUT2D eigenvalue weighted by Gasteiger charge is 2.03. The van der Waals surface area contributed by atoms with Crippen molar-refractivity contribution in [1.29, 1.82) is 0 Å². The van der Waals surface area contributed by atoms with Crippen LogP contribution in [0.5, 0.6) is 0 Å². The van der Waals surface area contributed by atoms with Crippen LogP contribution in [0.2, 0.25) is 0 Å². The average Bonchev–Trinajstić information content (AvgIpc) is 2.18. The number of amides is 1.